The third-order valence-electron chi connectivity index (χ3n) is 4.39. The second-order valence-electron chi connectivity index (χ2n) is 6.25. The van der Waals surface area contributed by atoms with Crippen molar-refractivity contribution in [1.29, 1.82) is 0 Å². The minimum atomic E-state index is -0.424. The zero-order valence-corrected chi connectivity index (χ0v) is 16.6. The predicted molar refractivity (Wildman–Crippen MR) is 106 cm³/mol. The van der Waals surface area contributed by atoms with Crippen LogP contribution in [0.5, 0.6) is 11.5 Å². The third-order valence-corrected chi connectivity index (χ3v) is 5.47. The Morgan fingerprint density at radius 3 is 2.54 bits per heavy atom. The maximum absolute atomic E-state index is 13.8. The topological polar surface area (TPSA) is 55.8 Å². The summed E-state index contributed by atoms with van der Waals surface area (Å²) in [4.78, 5) is 25.5. The maximum Gasteiger partial charge on any atom is 0.289 e. The first-order chi connectivity index (χ1) is 13.5. The van der Waals surface area contributed by atoms with Crippen LogP contribution in [-0.4, -0.2) is 34.4 Å². The lowest BCUT2D eigenvalue weighted by atomic mass is 10.1. The molecule has 0 bridgehead atoms. The minimum absolute atomic E-state index is 0.0863. The smallest absolute Gasteiger partial charge is 0.289 e. The van der Waals surface area contributed by atoms with Gasteiger partial charge >= 0.3 is 0 Å². The van der Waals surface area contributed by atoms with E-state index in [1.54, 1.807) is 31.2 Å². The number of nitrogens with zero attached hydrogens (tertiary/aromatic N) is 1. The van der Waals surface area contributed by atoms with Crippen LogP contribution in [0.1, 0.15) is 25.0 Å². The summed E-state index contributed by atoms with van der Waals surface area (Å²) in [5.74, 6) is 0.560. The molecule has 0 spiro atoms. The highest BCUT2D eigenvalue weighted by Crippen LogP contribution is 2.33. The van der Waals surface area contributed by atoms with Crippen molar-refractivity contribution in [1.82, 2.24) is 4.90 Å². The van der Waals surface area contributed by atoms with Gasteiger partial charge in [-0.05, 0) is 44.0 Å². The van der Waals surface area contributed by atoms with Crippen molar-refractivity contribution in [2.45, 2.75) is 32.1 Å². The van der Waals surface area contributed by atoms with Crippen LogP contribution in [0.4, 0.5) is 9.18 Å². The molecule has 2 aromatic carbocycles. The number of amides is 2. The summed E-state index contributed by atoms with van der Waals surface area (Å²) < 4.78 is 25.2. The number of thioether (sulfide) groups is 1. The van der Waals surface area contributed by atoms with Crippen molar-refractivity contribution >= 4 is 22.9 Å². The van der Waals surface area contributed by atoms with E-state index in [-0.39, 0.29) is 23.6 Å². The number of halogens is 1. The number of ether oxygens (including phenoxy) is 2. The van der Waals surface area contributed by atoms with Gasteiger partial charge < -0.3 is 9.47 Å². The van der Waals surface area contributed by atoms with Gasteiger partial charge in [0.1, 0.15) is 12.4 Å². The van der Waals surface area contributed by atoms with Crippen LogP contribution >= 0.6 is 11.8 Å². The van der Waals surface area contributed by atoms with Gasteiger partial charge in [0.25, 0.3) is 5.24 Å². The van der Waals surface area contributed by atoms with Gasteiger partial charge in [-0.1, -0.05) is 36.0 Å². The summed E-state index contributed by atoms with van der Waals surface area (Å²) in [7, 11) is 0. The molecule has 0 N–H and O–H groups in total. The number of carbonyl (C=O) groups is 2. The molecule has 28 heavy (non-hydrogen) atoms. The minimum Gasteiger partial charge on any atom is -0.490 e. The first kappa shape index (κ1) is 20.2. The number of benzene rings is 2. The molecule has 0 saturated carbocycles. The lowest BCUT2D eigenvalue weighted by Gasteiger charge is -2.15. The van der Waals surface area contributed by atoms with Gasteiger partial charge in [-0.3, -0.25) is 14.5 Å². The fourth-order valence-corrected chi connectivity index (χ4v) is 4.06. The predicted octanol–water partition coefficient (Wildman–Crippen LogP) is 4.43. The zero-order valence-electron chi connectivity index (χ0n) is 15.8. The van der Waals surface area contributed by atoms with Gasteiger partial charge in [0, 0.05) is 12.1 Å². The van der Waals surface area contributed by atoms with Crippen LogP contribution in [0.2, 0.25) is 0 Å². The SMILES string of the molecule is CCOc1cc(C[C@H]2SC(=O)N(CC)C2=O)ccc1OCc1ccccc1F. The van der Waals surface area contributed by atoms with Gasteiger partial charge in [0.05, 0.1) is 11.9 Å². The highest BCUT2D eigenvalue weighted by atomic mass is 32.2. The summed E-state index contributed by atoms with van der Waals surface area (Å²) in [6.07, 6.45) is 0.430. The zero-order chi connectivity index (χ0) is 20.1. The third kappa shape index (κ3) is 4.47. The number of hydrogen-bond acceptors (Lipinski definition) is 5. The lowest BCUT2D eigenvalue weighted by Crippen LogP contribution is -2.31. The lowest BCUT2D eigenvalue weighted by molar-refractivity contribution is -0.126. The molecule has 0 radical (unpaired) electrons. The summed E-state index contributed by atoms with van der Waals surface area (Å²) in [5, 5.41) is -0.625. The van der Waals surface area contributed by atoms with Crippen LogP contribution in [0.3, 0.4) is 0 Å². The molecule has 2 aromatic rings. The van der Waals surface area contributed by atoms with E-state index in [0.29, 0.717) is 36.6 Å². The molecule has 1 atom stereocenters. The highest BCUT2D eigenvalue weighted by Gasteiger charge is 2.38. The summed E-state index contributed by atoms with van der Waals surface area (Å²) >= 11 is 1.06. The van der Waals surface area contributed by atoms with Crippen LogP contribution < -0.4 is 9.47 Å². The monoisotopic (exact) mass is 403 g/mol. The van der Waals surface area contributed by atoms with Crippen LogP contribution in [-0.2, 0) is 17.8 Å². The molecule has 0 aliphatic carbocycles. The second kappa shape index (κ2) is 9.10. The van der Waals surface area contributed by atoms with Gasteiger partial charge in [-0.25, -0.2) is 4.39 Å². The van der Waals surface area contributed by atoms with Crippen molar-refractivity contribution in [3.8, 4) is 11.5 Å². The van der Waals surface area contributed by atoms with E-state index in [4.69, 9.17) is 9.47 Å². The first-order valence-corrected chi connectivity index (χ1v) is 10.0. The molecule has 3 rings (SSSR count). The normalized spacial score (nSPS) is 16.5. The quantitative estimate of drug-likeness (QED) is 0.653. The van der Waals surface area contributed by atoms with Crippen molar-refractivity contribution in [2.24, 2.45) is 0 Å². The maximum atomic E-state index is 13.8. The first-order valence-electron chi connectivity index (χ1n) is 9.17. The Morgan fingerprint density at radius 1 is 1.07 bits per heavy atom. The Hall–Kier alpha value is -2.54. The van der Waals surface area contributed by atoms with E-state index in [9.17, 15) is 14.0 Å². The molecular weight excluding hydrogens is 381 g/mol. The molecule has 0 unspecified atom stereocenters. The Bertz CT molecular complexity index is 873. The van der Waals surface area contributed by atoms with Crippen LogP contribution in [0.25, 0.3) is 0 Å². The molecule has 1 aliphatic rings. The average molecular weight is 403 g/mol. The summed E-state index contributed by atoms with van der Waals surface area (Å²) in [5.41, 5.74) is 1.33. The molecule has 1 fully saturated rings. The molecule has 2 amide bonds. The molecule has 1 heterocycles. The molecule has 5 nitrogen and oxygen atoms in total. The molecule has 1 saturated heterocycles. The second-order valence-corrected chi connectivity index (χ2v) is 7.41. The molecule has 7 heteroatoms. The number of hydrogen-bond donors (Lipinski definition) is 0. The van der Waals surface area contributed by atoms with Gasteiger partial charge in [-0.15, -0.1) is 0 Å². The molecule has 1 aliphatic heterocycles. The van der Waals surface area contributed by atoms with Gasteiger partial charge in [0.2, 0.25) is 5.91 Å². The number of imide groups is 1. The fourth-order valence-electron chi connectivity index (χ4n) is 2.97. The largest absolute Gasteiger partial charge is 0.490 e. The van der Waals surface area contributed by atoms with E-state index < -0.39 is 5.25 Å². The Morgan fingerprint density at radius 2 is 1.86 bits per heavy atom. The van der Waals surface area contributed by atoms with Gasteiger partial charge in [-0.2, -0.15) is 0 Å². The molecule has 0 aromatic heterocycles. The number of carbonyl (C=O) groups excluding carboxylic acids is 2. The van der Waals surface area contributed by atoms with E-state index in [1.807, 2.05) is 19.1 Å². The fraction of sp³-hybridized carbons (Fsp3) is 0.333. The van der Waals surface area contributed by atoms with Crippen LogP contribution in [0.15, 0.2) is 42.5 Å². The average Bonchev–Trinajstić information content (AvgIpc) is 2.95. The highest BCUT2D eigenvalue weighted by molar-refractivity contribution is 8.15. The van der Waals surface area contributed by atoms with E-state index in [1.165, 1.54) is 11.0 Å². The Labute approximate surface area is 167 Å². The van der Waals surface area contributed by atoms with E-state index in [0.717, 1.165) is 17.3 Å². The van der Waals surface area contributed by atoms with Crippen LogP contribution in [0, 0.1) is 5.82 Å². The van der Waals surface area contributed by atoms with E-state index in [2.05, 4.69) is 0 Å². The summed E-state index contributed by atoms with van der Waals surface area (Å²) in [6, 6.07) is 11.9. The van der Waals surface area contributed by atoms with Crippen molar-refractivity contribution in [3.63, 3.8) is 0 Å². The Kier molecular flexibility index (Phi) is 6.57. The van der Waals surface area contributed by atoms with Gasteiger partial charge in [0.15, 0.2) is 11.5 Å². The molecular formula is C21H22FNO4S. The standard InChI is InChI=1S/C21H22FNO4S/c1-3-23-20(24)19(28-21(23)25)12-14-9-10-17(18(11-14)26-4-2)27-13-15-7-5-6-8-16(15)22/h5-11,19H,3-4,12-13H2,1-2H3/t19-/m1/s1. The van der Waals surface area contributed by atoms with Crippen molar-refractivity contribution < 1.29 is 23.5 Å². The van der Waals surface area contributed by atoms with Crippen molar-refractivity contribution in [2.75, 3.05) is 13.2 Å². The summed E-state index contributed by atoms with van der Waals surface area (Å²) in [6.45, 7) is 4.56. The van der Waals surface area contributed by atoms with Crippen molar-refractivity contribution in [3.05, 3.63) is 59.4 Å². The van der Waals surface area contributed by atoms with E-state index >= 15 is 0 Å². The Balaban J connectivity index is 1.73. The molecule has 148 valence electrons. The number of rotatable bonds is 8.